The van der Waals surface area contributed by atoms with Gasteiger partial charge in [0.05, 0.1) is 12.7 Å². The number of aromatic nitrogens is 5. The van der Waals surface area contributed by atoms with Gasteiger partial charge in [-0.2, -0.15) is 0 Å². The fraction of sp³-hybridized carbons (Fsp3) is 0.588. The number of rotatable bonds is 3. The molecule has 1 fully saturated rings. The van der Waals surface area contributed by atoms with E-state index in [1.807, 2.05) is 4.90 Å². The Morgan fingerprint density at radius 3 is 2.68 bits per heavy atom. The molecule has 0 atom stereocenters. The zero-order valence-corrected chi connectivity index (χ0v) is 14.3. The molecule has 1 saturated heterocycles. The summed E-state index contributed by atoms with van der Waals surface area (Å²) in [5, 5.41) is 8.78. The second-order valence-electron chi connectivity index (χ2n) is 6.65. The van der Waals surface area contributed by atoms with Crippen LogP contribution in [0.25, 0.3) is 0 Å². The summed E-state index contributed by atoms with van der Waals surface area (Å²) in [7, 11) is 0. The molecule has 1 amide bonds. The van der Waals surface area contributed by atoms with Crippen LogP contribution < -0.4 is 0 Å². The maximum atomic E-state index is 12.4. The Kier molecular flexibility index (Phi) is 4.69. The molecule has 0 unspecified atom stereocenters. The van der Waals surface area contributed by atoms with Crippen LogP contribution in [0.2, 0.25) is 0 Å². The molecule has 0 radical (unpaired) electrons. The van der Waals surface area contributed by atoms with Gasteiger partial charge in [-0.25, -0.2) is 4.98 Å². The quantitative estimate of drug-likeness (QED) is 0.820. The number of carbonyl (C=O) groups is 1. The van der Waals surface area contributed by atoms with Crippen molar-refractivity contribution in [1.29, 1.82) is 0 Å². The monoisotopic (exact) mass is 341 g/mol. The molecule has 8 nitrogen and oxygen atoms in total. The summed E-state index contributed by atoms with van der Waals surface area (Å²) in [4.78, 5) is 24.7. The van der Waals surface area contributed by atoms with E-state index in [2.05, 4.69) is 29.6 Å². The number of nitrogens with zero attached hydrogens (tertiary/aromatic N) is 7. The van der Waals surface area contributed by atoms with Crippen molar-refractivity contribution >= 4 is 5.91 Å². The molecule has 0 bridgehead atoms. The van der Waals surface area contributed by atoms with Gasteiger partial charge < -0.3 is 9.47 Å². The lowest BCUT2D eigenvalue weighted by atomic mass is 10.2. The molecule has 8 heteroatoms. The lowest BCUT2D eigenvalue weighted by Crippen LogP contribution is -2.48. The molecule has 2 aliphatic heterocycles. The smallest absolute Gasteiger partial charge is 0.274 e. The highest BCUT2D eigenvalue weighted by Gasteiger charge is 2.24. The van der Waals surface area contributed by atoms with Gasteiger partial charge in [-0.3, -0.25) is 14.7 Å². The van der Waals surface area contributed by atoms with Crippen molar-refractivity contribution in [3.05, 3.63) is 35.9 Å². The molecule has 2 aliphatic rings. The number of fused-ring (bicyclic) bond motifs is 1. The normalized spacial score (nSPS) is 18.6. The number of aryl methyl sites for hydroxylation is 1. The third-order valence-corrected chi connectivity index (χ3v) is 4.99. The minimum atomic E-state index is -0.0379. The summed E-state index contributed by atoms with van der Waals surface area (Å²) in [5.74, 6) is 2.15. The Morgan fingerprint density at radius 2 is 1.88 bits per heavy atom. The number of amides is 1. The molecular formula is C17H23N7O. The van der Waals surface area contributed by atoms with Crippen LogP contribution in [0.1, 0.15) is 41.4 Å². The fourth-order valence-corrected chi connectivity index (χ4v) is 3.54. The molecule has 132 valence electrons. The minimum Gasteiger partial charge on any atom is -0.335 e. The Morgan fingerprint density at radius 1 is 1.00 bits per heavy atom. The van der Waals surface area contributed by atoms with E-state index in [1.54, 1.807) is 12.4 Å². The largest absolute Gasteiger partial charge is 0.335 e. The number of hydrogen-bond acceptors (Lipinski definition) is 6. The van der Waals surface area contributed by atoms with E-state index in [0.29, 0.717) is 18.8 Å². The van der Waals surface area contributed by atoms with Crippen molar-refractivity contribution in [3.63, 3.8) is 0 Å². The van der Waals surface area contributed by atoms with Crippen molar-refractivity contribution < 1.29 is 4.79 Å². The Bertz CT molecular complexity index is 722. The predicted octanol–water partition coefficient (Wildman–Crippen LogP) is 0.752. The Balaban J connectivity index is 1.35. The average Bonchev–Trinajstić information content (AvgIpc) is 2.89. The first kappa shape index (κ1) is 16.1. The molecular weight excluding hydrogens is 318 g/mol. The second kappa shape index (κ2) is 7.26. The lowest BCUT2D eigenvalue weighted by Gasteiger charge is -2.34. The summed E-state index contributed by atoms with van der Waals surface area (Å²) in [5.41, 5.74) is 0.415. The zero-order valence-electron chi connectivity index (χ0n) is 14.3. The Labute approximate surface area is 146 Å². The van der Waals surface area contributed by atoms with Gasteiger partial charge >= 0.3 is 0 Å². The molecule has 2 aromatic rings. The van der Waals surface area contributed by atoms with E-state index in [1.165, 1.54) is 25.5 Å². The van der Waals surface area contributed by atoms with E-state index in [4.69, 9.17) is 0 Å². The molecule has 0 aliphatic carbocycles. The van der Waals surface area contributed by atoms with Gasteiger partial charge in [-0.05, 0) is 12.8 Å². The summed E-state index contributed by atoms with van der Waals surface area (Å²) < 4.78 is 2.30. The third kappa shape index (κ3) is 3.53. The van der Waals surface area contributed by atoms with E-state index in [-0.39, 0.29) is 5.91 Å². The summed E-state index contributed by atoms with van der Waals surface area (Å²) in [6.45, 7) is 4.93. The van der Waals surface area contributed by atoms with Crippen LogP contribution >= 0.6 is 0 Å². The standard InChI is InChI=1S/C17H23N7O/c25-17(14-12-18-5-6-19-14)23-10-8-22(9-11-23)13-16-21-20-15-4-2-1-3-7-24(15)16/h5-6,12H,1-4,7-11,13H2. The van der Waals surface area contributed by atoms with Crippen molar-refractivity contribution in [2.75, 3.05) is 26.2 Å². The summed E-state index contributed by atoms with van der Waals surface area (Å²) in [6.07, 6.45) is 9.38. The highest BCUT2D eigenvalue weighted by atomic mass is 16.2. The van der Waals surface area contributed by atoms with Crippen molar-refractivity contribution in [3.8, 4) is 0 Å². The number of carbonyl (C=O) groups excluding carboxylic acids is 1. The molecule has 0 N–H and O–H groups in total. The van der Waals surface area contributed by atoms with Crippen LogP contribution in [-0.2, 0) is 19.5 Å². The average molecular weight is 341 g/mol. The van der Waals surface area contributed by atoms with Crippen molar-refractivity contribution in [1.82, 2.24) is 34.5 Å². The fourth-order valence-electron chi connectivity index (χ4n) is 3.54. The molecule has 4 rings (SSSR count). The van der Waals surface area contributed by atoms with Gasteiger partial charge in [0.15, 0.2) is 0 Å². The van der Waals surface area contributed by atoms with Gasteiger partial charge in [0, 0.05) is 51.5 Å². The minimum absolute atomic E-state index is 0.0379. The summed E-state index contributed by atoms with van der Waals surface area (Å²) >= 11 is 0. The first-order valence-corrected chi connectivity index (χ1v) is 9.00. The molecule has 0 spiro atoms. The number of piperazine rings is 1. The van der Waals surface area contributed by atoms with Gasteiger partial charge in [0.25, 0.3) is 5.91 Å². The number of hydrogen-bond donors (Lipinski definition) is 0. The van der Waals surface area contributed by atoms with Crippen LogP contribution in [0.15, 0.2) is 18.6 Å². The SMILES string of the molecule is O=C(c1cnccn1)N1CCN(Cc2nnc3n2CCCCC3)CC1. The van der Waals surface area contributed by atoms with E-state index in [9.17, 15) is 4.79 Å². The molecule has 25 heavy (non-hydrogen) atoms. The van der Waals surface area contributed by atoms with Crippen LogP contribution in [-0.4, -0.2) is 66.6 Å². The third-order valence-electron chi connectivity index (χ3n) is 4.99. The van der Waals surface area contributed by atoms with E-state index >= 15 is 0 Å². The highest BCUT2D eigenvalue weighted by molar-refractivity contribution is 5.92. The lowest BCUT2D eigenvalue weighted by molar-refractivity contribution is 0.0617. The van der Waals surface area contributed by atoms with Crippen LogP contribution in [0.5, 0.6) is 0 Å². The van der Waals surface area contributed by atoms with Crippen LogP contribution in [0, 0.1) is 0 Å². The van der Waals surface area contributed by atoms with Gasteiger partial charge in [-0.15, -0.1) is 10.2 Å². The molecule has 0 aromatic carbocycles. The maximum absolute atomic E-state index is 12.4. The first-order valence-electron chi connectivity index (χ1n) is 9.00. The second-order valence-corrected chi connectivity index (χ2v) is 6.65. The van der Waals surface area contributed by atoms with Gasteiger partial charge in [-0.1, -0.05) is 6.42 Å². The molecule has 0 saturated carbocycles. The predicted molar refractivity (Wildman–Crippen MR) is 90.8 cm³/mol. The van der Waals surface area contributed by atoms with Crippen LogP contribution in [0.4, 0.5) is 0 Å². The zero-order chi connectivity index (χ0) is 17.1. The van der Waals surface area contributed by atoms with Gasteiger partial charge in [0.2, 0.25) is 0 Å². The Hall–Kier alpha value is -2.35. The molecule has 2 aromatic heterocycles. The maximum Gasteiger partial charge on any atom is 0.274 e. The van der Waals surface area contributed by atoms with E-state index in [0.717, 1.165) is 44.2 Å². The van der Waals surface area contributed by atoms with Crippen molar-refractivity contribution in [2.24, 2.45) is 0 Å². The van der Waals surface area contributed by atoms with Crippen molar-refractivity contribution in [2.45, 2.75) is 38.8 Å². The van der Waals surface area contributed by atoms with Gasteiger partial charge in [0.1, 0.15) is 17.3 Å². The first-order chi connectivity index (χ1) is 12.3. The van der Waals surface area contributed by atoms with E-state index < -0.39 is 0 Å². The highest BCUT2D eigenvalue weighted by Crippen LogP contribution is 2.16. The summed E-state index contributed by atoms with van der Waals surface area (Å²) in [6, 6.07) is 0. The topological polar surface area (TPSA) is 80.0 Å². The van der Waals surface area contributed by atoms with Crippen LogP contribution in [0.3, 0.4) is 0 Å². The molecule has 4 heterocycles.